The number of nitrogens with zero attached hydrogens (tertiary/aromatic N) is 2. The molecule has 0 saturated carbocycles. The van der Waals surface area contributed by atoms with Gasteiger partial charge in [0.05, 0.1) is 12.2 Å². The van der Waals surface area contributed by atoms with Gasteiger partial charge in [0.25, 0.3) is 0 Å². The highest BCUT2D eigenvalue weighted by Crippen LogP contribution is 2.27. The summed E-state index contributed by atoms with van der Waals surface area (Å²) in [6, 6.07) is 2.27. The van der Waals surface area contributed by atoms with Crippen LogP contribution in [0.3, 0.4) is 0 Å². The minimum Gasteiger partial charge on any atom is -0.466 e. The first-order valence-corrected chi connectivity index (χ1v) is 6.98. The van der Waals surface area contributed by atoms with Crippen molar-refractivity contribution in [2.75, 3.05) is 6.54 Å². The van der Waals surface area contributed by atoms with E-state index < -0.39 is 0 Å². The standard InChI is InChI=1S/C15H23N3O/c1-5-7-18-10-13(9-17-18)15(16-6-2)14-8-11(3)19-12(14)4/h8-10,15-16H,5-7H2,1-4H3. The zero-order chi connectivity index (χ0) is 13.8. The Hall–Kier alpha value is -1.55. The van der Waals surface area contributed by atoms with Crippen LogP contribution in [0, 0.1) is 13.8 Å². The van der Waals surface area contributed by atoms with E-state index in [1.165, 1.54) is 11.1 Å². The molecule has 0 aliphatic heterocycles. The first kappa shape index (κ1) is 13.9. The lowest BCUT2D eigenvalue weighted by Gasteiger charge is -2.15. The van der Waals surface area contributed by atoms with Crippen LogP contribution in [-0.4, -0.2) is 16.3 Å². The second-order valence-electron chi connectivity index (χ2n) is 4.90. The molecule has 2 rings (SSSR count). The van der Waals surface area contributed by atoms with Gasteiger partial charge >= 0.3 is 0 Å². The van der Waals surface area contributed by atoms with Gasteiger partial charge < -0.3 is 9.73 Å². The molecule has 4 heteroatoms. The predicted octanol–water partition coefficient (Wildman–Crippen LogP) is 3.20. The average Bonchev–Trinajstić information content (AvgIpc) is 2.94. The van der Waals surface area contributed by atoms with Crippen LogP contribution in [0.25, 0.3) is 0 Å². The Morgan fingerprint density at radius 3 is 2.74 bits per heavy atom. The third-order valence-corrected chi connectivity index (χ3v) is 3.24. The van der Waals surface area contributed by atoms with Crippen LogP contribution in [0.15, 0.2) is 22.9 Å². The molecular weight excluding hydrogens is 238 g/mol. The van der Waals surface area contributed by atoms with Crippen molar-refractivity contribution in [3.63, 3.8) is 0 Å². The number of furan rings is 1. The molecule has 1 N–H and O–H groups in total. The van der Waals surface area contributed by atoms with Crippen molar-refractivity contribution >= 4 is 0 Å². The molecule has 4 nitrogen and oxygen atoms in total. The lowest BCUT2D eigenvalue weighted by Crippen LogP contribution is -2.21. The highest BCUT2D eigenvalue weighted by atomic mass is 16.3. The molecule has 0 aliphatic carbocycles. The summed E-state index contributed by atoms with van der Waals surface area (Å²) in [7, 11) is 0. The second-order valence-corrected chi connectivity index (χ2v) is 4.90. The van der Waals surface area contributed by atoms with Gasteiger partial charge in [0.2, 0.25) is 0 Å². The smallest absolute Gasteiger partial charge is 0.106 e. The van der Waals surface area contributed by atoms with E-state index in [-0.39, 0.29) is 6.04 Å². The quantitative estimate of drug-likeness (QED) is 0.868. The van der Waals surface area contributed by atoms with Crippen LogP contribution in [0.4, 0.5) is 0 Å². The fourth-order valence-corrected chi connectivity index (χ4v) is 2.43. The first-order valence-electron chi connectivity index (χ1n) is 6.98. The molecule has 19 heavy (non-hydrogen) atoms. The second kappa shape index (κ2) is 6.06. The SMILES string of the molecule is CCCn1cc(C(NCC)c2cc(C)oc2C)cn1. The Labute approximate surface area is 114 Å². The molecule has 0 amide bonds. The monoisotopic (exact) mass is 261 g/mol. The van der Waals surface area contributed by atoms with Gasteiger partial charge in [-0.15, -0.1) is 0 Å². The van der Waals surface area contributed by atoms with E-state index in [4.69, 9.17) is 4.42 Å². The van der Waals surface area contributed by atoms with Crippen molar-refractivity contribution in [2.45, 2.75) is 46.7 Å². The molecule has 104 valence electrons. The van der Waals surface area contributed by atoms with E-state index >= 15 is 0 Å². The molecular formula is C15H23N3O. The largest absolute Gasteiger partial charge is 0.466 e. The van der Waals surface area contributed by atoms with Crippen molar-refractivity contribution in [1.82, 2.24) is 15.1 Å². The normalized spacial score (nSPS) is 12.8. The van der Waals surface area contributed by atoms with Crippen molar-refractivity contribution in [2.24, 2.45) is 0 Å². The third kappa shape index (κ3) is 3.07. The van der Waals surface area contributed by atoms with Crippen molar-refractivity contribution in [1.29, 1.82) is 0 Å². The summed E-state index contributed by atoms with van der Waals surface area (Å²) in [5.41, 5.74) is 2.40. The van der Waals surface area contributed by atoms with Gasteiger partial charge in [0, 0.05) is 23.9 Å². The van der Waals surface area contributed by atoms with Gasteiger partial charge in [-0.1, -0.05) is 13.8 Å². The van der Waals surface area contributed by atoms with Gasteiger partial charge in [-0.2, -0.15) is 5.10 Å². The van der Waals surface area contributed by atoms with Gasteiger partial charge in [-0.3, -0.25) is 4.68 Å². The molecule has 0 aromatic carbocycles. The fourth-order valence-electron chi connectivity index (χ4n) is 2.43. The summed E-state index contributed by atoms with van der Waals surface area (Å²) in [4.78, 5) is 0. The Morgan fingerprint density at radius 1 is 1.37 bits per heavy atom. The number of rotatable bonds is 6. The summed E-state index contributed by atoms with van der Waals surface area (Å²) >= 11 is 0. The number of aromatic nitrogens is 2. The lowest BCUT2D eigenvalue weighted by molar-refractivity contribution is 0.495. The van der Waals surface area contributed by atoms with Crippen LogP contribution in [0.1, 0.15) is 49.0 Å². The lowest BCUT2D eigenvalue weighted by atomic mass is 10.0. The minimum atomic E-state index is 0.160. The van der Waals surface area contributed by atoms with Crippen molar-refractivity contribution in [3.05, 3.63) is 41.1 Å². The highest BCUT2D eigenvalue weighted by Gasteiger charge is 2.19. The molecule has 1 unspecified atom stereocenters. The molecule has 1 atom stereocenters. The van der Waals surface area contributed by atoms with Gasteiger partial charge in [0.15, 0.2) is 0 Å². The van der Waals surface area contributed by atoms with Crippen molar-refractivity contribution < 1.29 is 4.42 Å². The molecule has 0 saturated heterocycles. The number of nitrogens with one attached hydrogen (secondary N) is 1. The summed E-state index contributed by atoms with van der Waals surface area (Å²) in [5.74, 6) is 1.93. The van der Waals surface area contributed by atoms with Crippen LogP contribution in [0.5, 0.6) is 0 Å². The molecule has 0 aliphatic rings. The van der Waals surface area contributed by atoms with Crippen LogP contribution >= 0.6 is 0 Å². The van der Waals surface area contributed by atoms with Crippen LogP contribution < -0.4 is 5.32 Å². The van der Waals surface area contributed by atoms with Gasteiger partial charge in [-0.05, 0) is 32.9 Å². The minimum absolute atomic E-state index is 0.160. The zero-order valence-electron chi connectivity index (χ0n) is 12.2. The molecule has 2 aromatic heterocycles. The topological polar surface area (TPSA) is 43.0 Å². The van der Waals surface area contributed by atoms with E-state index in [0.29, 0.717) is 0 Å². The fraction of sp³-hybridized carbons (Fsp3) is 0.533. The summed E-state index contributed by atoms with van der Waals surface area (Å²) in [6.07, 6.45) is 5.17. The zero-order valence-corrected chi connectivity index (χ0v) is 12.2. The van der Waals surface area contributed by atoms with E-state index in [2.05, 4.69) is 36.5 Å². The molecule has 0 bridgehead atoms. The predicted molar refractivity (Wildman–Crippen MR) is 76.2 cm³/mol. The third-order valence-electron chi connectivity index (χ3n) is 3.24. The van der Waals surface area contributed by atoms with E-state index in [1.807, 2.05) is 24.7 Å². The maximum absolute atomic E-state index is 5.65. The number of hydrogen-bond donors (Lipinski definition) is 1. The first-order chi connectivity index (χ1) is 9.15. The maximum Gasteiger partial charge on any atom is 0.106 e. The molecule has 0 radical (unpaired) electrons. The van der Waals surface area contributed by atoms with Crippen LogP contribution in [-0.2, 0) is 6.54 Å². The Kier molecular flexibility index (Phi) is 4.43. The van der Waals surface area contributed by atoms with Gasteiger partial charge in [0.1, 0.15) is 11.5 Å². The summed E-state index contributed by atoms with van der Waals surface area (Å²) < 4.78 is 7.65. The molecule has 2 heterocycles. The Balaban J connectivity index is 2.30. The highest BCUT2D eigenvalue weighted by molar-refractivity contribution is 5.32. The maximum atomic E-state index is 5.65. The molecule has 0 fully saturated rings. The Bertz CT molecular complexity index is 527. The van der Waals surface area contributed by atoms with Crippen molar-refractivity contribution in [3.8, 4) is 0 Å². The molecule has 0 spiro atoms. The number of hydrogen-bond acceptors (Lipinski definition) is 3. The average molecular weight is 261 g/mol. The van der Waals surface area contributed by atoms with E-state index in [9.17, 15) is 0 Å². The van der Waals surface area contributed by atoms with E-state index in [1.54, 1.807) is 0 Å². The van der Waals surface area contributed by atoms with Gasteiger partial charge in [-0.25, -0.2) is 0 Å². The summed E-state index contributed by atoms with van der Waals surface area (Å²) in [5, 5.41) is 7.93. The number of aryl methyl sites for hydroxylation is 3. The Morgan fingerprint density at radius 2 is 2.16 bits per heavy atom. The summed E-state index contributed by atoms with van der Waals surface area (Å²) in [6.45, 7) is 10.1. The molecule has 2 aromatic rings. The van der Waals surface area contributed by atoms with Crippen LogP contribution in [0.2, 0.25) is 0 Å². The van der Waals surface area contributed by atoms with E-state index in [0.717, 1.165) is 31.0 Å².